The number of aliphatic imine (C=N–C) groups is 2. The van der Waals surface area contributed by atoms with Crippen LogP contribution in [0.4, 0.5) is 0 Å². The van der Waals surface area contributed by atoms with Crippen LogP contribution in [0.5, 0.6) is 0 Å². The topological polar surface area (TPSA) is 24.7 Å². The first kappa shape index (κ1) is 9.65. The highest BCUT2D eigenvalue weighted by atomic mass is 14.8. The molecule has 1 aliphatic rings. The summed E-state index contributed by atoms with van der Waals surface area (Å²) in [7, 11) is 1.78. The number of nitrogens with zero attached hydrogens (tertiary/aromatic N) is 2. The van der Waals surface area contributed by atoms with Crippen molar-refractivity contribution in [3.8, 4) is 0 Å². The van der Waals surface area contributed by atoms with Crippen LogP contribution in [0, 0.1) is 0 Å². The molecule has 0 N–H and O–H groups in total. The summed E-state index contributed by atoms with van der Waals surface area (Å²) in [5, 5.41) is 0. The summed E-state index contributed by atoms with van der Waals surface area (Å²) in [5.41, 5.74) is 2.88. The van der Waals surface area contributed by atoms with Crippen molar-refractivity contribution in [2.24, 2.45) is 9.98 Å². The third-order valence-corrected chi connectivity index (χ3v) is 1.73. The van der Waals surface area contributed by atoms with Gasteiger partial charge in [-0.2, -0.15) is 0 Å². The SMILES string of the molecule is C/C=C\C=C1\N=C(C)C=CC1=NC. The lowest BCUT2D eigenvalue weighted by molar-refractivity contribution is 1.36. The first-order valence-corrected chi connectivity index (χ1v) is 4.31. The fraction of sp³-hybridized carbons (Fsp3) is 0.273. The predicted octanol–water partition coefficient (Wildman–Crippen LogP) is 2.55. The van der Waals surface area contributed by atoms with Crippen LogP contribution >= 0.6 is 0 Å². The van der Waals surface area contributed by atoms with Gasteiger partial charge in [-0.25, -0.2) is 0 Å². The molecule has 0 amide bonds. The van der Waals surface area contributed by atoms with Crippen molar-refractivity contribution in [2.75, 3.05) is 7.05 Å². The molecule has 0 saturated heterocycles. The van der Waals surface area contributed by atoms with Gasteiger partial charge >= 0.3 is 0 Å². The van der Waals surface area contributed by atoms with Crippen LogP contribution in [0.2, 0.25) is 0 Å². The van der Waals surface area contributed by atoms with Gasteiger partial charge in [0.05, 0.1) is 11.4 Å². The number of rotatable bonds is 1. The van der Waals surface area contributed by atoms with Crippen LogP contribution < -0.4 is 0 Å². The molecule has 0 bridgehead atoms. The van der Waals surface area contributed by atoms with E-state index in [1.807, 2.05) is 44.2 Å². The van der Waals surface area contributed by atoms with Gasteiger partial charge in [0.2, 0.25) is 0 Å². The molecule has 1 rings (SSSR count). The molecule has 13 heavy (non-hydrogen) atoms. The minimum absolute atomic E-state index is 0.931. The van der Waals surface area contributed by atoms with Crippen LogP contribution in [-0.2, 0) is 0 Å². The Morgan fingerprint density at radius 2 is 2.15 bits per heavy atom. The zero-order valence-electron chi connectivity index (χ0n) is 8.28. The Kier molecular flexibility index (Phi) is 3.38. The van der Waals surface area contributed by atoms with Gasteiger partial charge in [0.15, 0.2) is 0 Å². The van der Waals surface area contributed by atoms with Gasteiger partial charge in [-0.1, -0.05) is 12.2 Å². The Morgan fingerprint density at radius 1 is 1.38 bits per heavy atom. The molecule has 0 aromatic rings. The smallest absolute Gasteiger partial charge is 0.0884 e. The van der Waals surface area contributed by atoms with E-state index in [4.69, 9.17) is 0 Å². The van der Waals surface area contributed by atoms with Crippen LogP contribution in [0.15, 0.2) is 46.1 Å². The lowest BCUT2D eigenvalue weighted by atomic mass is 10.1. The molecule has 0 saturated carbocycles. The van der Waals surface area contributed by atoms with E-state index in [0.717, 1.165) is 17.1 Å². The van der Waals surface area contributed by atoms with E-state index in [-0.39, 0.29) is 0 Å². The van der Waals surface area contributed by atoms with E-state index in [1.54, 1.807) is 7.05 Å². The molecule has 1 aliphatic heterocycles. The number of allylic oxidation sites excluding steroid dienone is 5. The van der Waals surface area contributed by atoms with Crippen LogP contribution in [-0.4, -0.2) is 18.5 Å². The second kappa shape index (κ2) is 4.55. The van der Waals surface area contributed by atoms with E-state index in [2.05, 4.69) is 9.98 Å². The zero-order chi connectivity index (χ0) is 9.68. The van der Waals surface area contributed by atoms with Crippen LogP contribution in [0.3, 0.4) is 0 Å². The second-order valence-corrected chi connectivity index (χ2v) is 2.77. The fourth-order valence-electron chi connectivity index (χ4n) is 1.07. The number of dihydropyridines is 1. The molecule has 0 aromatic heterocycles. The minimum atomic E-state index is 0.931. The molecule has 0 unspecified atom stereocenters. The normalized spacial score (nSPS) is 23.2. The van der Waals surface area contributed by atoms with Crippen LogP contribution in [0.1, 0.15) is 13.8 Å². The maximum Gasteiger partial charge on any atom is 0.0884 e. The van der Waals surface area contributed by atoms with Crippen LogP contribution in [0.25, 0.3) is 0 Å². The van der Waals surface area contributed by atoms with Gasteiger partial charge in [-0.3, -0.25) is 9.98 Å². The molecule has 2 heteroatoms. The van der Waals surface area contributed by atoms with Crippen molar-refractivity contribution in [1.29, 1.82) is 0 Å². The third kappa shape index (κ3) is 2.51. The highest BCUT2D eigenvalue weighted by Gasteiger charge is 2.05. The Labute approximate surface area is 79.1 Å². The quantitative estimate of drug-likeness (QED) is 0.583. The van der Waals surface area contributed by atoms with Crippen molar-refractivity contribution >= 4 is 11.4 Å². The van der Waals surface area contributed by atoms with E-state index in [1.165, 1.54) is 0 Å². The highest BCUT2D eigenvalue weighted by Crippen LogP contribution is 2.09. The molecule has 0 aromatic carbocycles. The molecule has 0 atom stereocenters. The van der Waals surface area contributed by atoms with Gasteiger partial charge in [0.1, 0.15) is 0 Å². The van der Waals surface area contributed by atoms with E-state index in [0.29, 0.717) is 0 Å². The summed E-state index contributed by atoms with van der Waals surface area (Å²) in [4.78, 5) is 8.52. The first-order valence-electron chi connectivity index (χ1n) is 4.31. The number of hydrogen-bond donors (Lipinski definition) is 0. The summed E-state index contributed by atoms with van der Waals surface area (Å²) >= 11 is 0. The maximum absolute atomic E-state index is 4.38. The molecule has 1 heterocycles. The Hall–Kier alpha value is -1.44. The average molecular weight is 174 g/mol. The molecule has 0 fully saturated rings. The van der Waals surface area contributed by atoms with Crippen molar-refractivity contribution < 1.29 is 0 Å². The standard InChI is InChI=1S/C11H14N2/c1-4-5-6-11-10(12-3)8-7-9(2)13-11/h4-8H,1-3H3/b5-4-,11-6+,12-10?. The van der Waals surface area contributed by atoms with Gasteiger partial charge < -0.3 is 0 Å². The largest absolute Gasteiger partial charge is 0.286 e. The molecule has 68 valence electrons. The molecule has 0 aliphatic carbocycles. The molecule has 0 radical (unpaired) electrons. The van der Waals surface area contributed by atoms with Gasteiger partial charge in [-0.05, 0) is 32.1 Å². The van der Waals surface area contributed by atoms with Crippen molar-refractivity contribution in [1.82, 2.24) is 0 Å². The van der Waals surface area contributed by atoms with E-state index >= 15 is 0 Å². The fourth-order valence-corrected chi connectivity index (χ4v) is 1.07. The monoisotopic (exact) mass is 174 g/mol. The van der Waals surface area contributed by atoms with Gasteiger partial charge in [-0.15, -0.1) is 0 Å². The lowest BCUT2D eigenvalue weighted by Gasteiger charge is -2.06. The summed E-state index contributed by atoms with van der Waals surface area (Å²) in [6, 6.07) is 0. The summed E-state index contributed by atoms with van der Waals surface area (Å²) < 4.78 is 0. The number of hydrogen-bond acceptors (Lipinski definition) is 2. The highest BCUT2D eigenvalue weighted by molar-refractivity contribution is 6.16. The third-order valence-electron chi connectivity index (χ3n) is 1.73. The van der Waals surface area contributed by atoms with Crippen molar-refractivity contribution in [3.63, 3.8) is 0 Å². The summed E-state index contributed by atoms with van der Waals surface area (Å²) in [6.07, 6.45) is 9.86. The summed E-state index contributed by atoms with van der Waals surface area (Å²) in [5.74, 6) is 0. The van der Waals surface area contributed by atoms with Crippen molar-refractivity contribution in [3.05, 3.63) is 36.1 Å². The zero-order valence-corrected chi connectivity index (χ0v) is 8.28. The van der Waals surface area contributed by atoms with E-state index in [9.17, 15) is 0 Å². The molecular formula is C11H14N2. The second-order valence-electron chi connectivity index (χ2n) is 2.77. The Bertz CT molecular complexity index is 328. The first-order chi connectivity index (χ1) is 6.27. The van der Waals surface area contributed by atoms with E-state index < -0.39 is 0 Å². The predicted molar refractivity (Wildman–Crippen MR) is 58.5 cm³/mol. The summed E-state index contributed by atoms with van der Waals surface area (Å²) in [6.45, 7) is 3.96. The van der Waals surface area contributed by atoms with Crippen molar-refractivity contribution in [2.45, 2.75) is 13.8 Å². The minimum Gasteiger partial charge on any atom is -0.286 e. The lowest BCUT2D eigenvalue weighted by Crippen LogP contribution is -2.05. The molecule has 0 spiro atoms. The Balaban J connectivity index is 3.00. The molecular weight excluding hydrogens is 160 g/mol. The van der Waals surface area contributed by atoms with Gasteiger partial charge in [0, 0.05) is 12.8 Å². The maximum atomic E-state index is 4.38. The average Bonchev–Trinajstić information content (AvgIpc) is 2.15. The Morgan fingerprint density at radius 3 is 2.77 bits per heavy atom. The van der Waals surface area contributed by atoms with Gasteiger partial charge in [0.25, 0.3) is 0 Å². The molecule has 2 nitrogen and oxygen atoms in total.